The van der Waals surface area contributed by atoms with E-state index < -0.39 is 23.0 Å². The van der Waals surface area contributed by atoms with Crippen LogP contribution in [0.4, 0.5) is 11.4 Å². The summed E-state index contributed by atoms with van der Waals surface area (Å²) in [4.78, 5) is 38.2. The molecule has 1 amide bonds. The number of nitrogens with two attached hydrogens (primary N) is 1. The summed E-state index contributed by atoms with van der Waals surface area (Å²) in [5, 5.41) is 12.1. The van der Waals surface area contributed by atoms with Crippen molar-refractivity contribution in [2.75, 3.05) is 11.1 Å². The van der Waals surface area contributed by atoms with Crippen LogP contribution in [0.5, 0.6) is 0 Å². The van der Waals surface area contributed by atoms with E-state index in [1.165, 1.54) is 6.07 Å². The summed E-state index contributed by atoms with van der Waals surface area (Å²) in [6, 6.07) is 8.47. The molecule has 8 heteroatoms. The Kier molecular flexibility index (Phi) is 3.82. The number of carbonyl (C=O) groups is 2. The van der Waals surface area contributed by atoms with E-state index >= 15 is 0 Å². The van der Waals surface area contributed by atoms with Crippen LogP contribution in [0.25, 0.3) is 10.2 Å². The first-order valence-electron chi connectivity index (χ1n) is 6.93. The number of rotatable bonds is 3. The first-order chi connectivity index (χ1) is 11.4. The van der Waals surface area contributed by atoms with Gasteiger partial charge in [-0.15, -0.1) is 11.3 Å². The van der Waals surface area contributed by atoms with Crippen LogP contribution in [0.1, 0.15) is 25.6 Å². The van der Waals surface area contributed by atoms with Gasteiger partial charge in [0.2, 0.25) is 0 Å². The lowest BCUT2D eigenvalue weighted by Crippen LogP contribution is -2.16. The van der Waals surface area contributed by atoms with Crippen LogP contribution in [-0.2, 0) is 0 Å². The van der Waals surface area contributed by atoms with Crippen molar-refractivity contribution >= 4 is 44.8 Å². The lowest BCUT2D eigenvalue weighted by Gasteiger charge is -2.05. The number of benzene rings is 1. The van der Waals surface area contributed by atoms with Crippen LogP contribution in [0.15, 0.2) is 35.1 Å². The number of carbonyl (C=O) groups excluding carboxylic acids is 1. The number of anilines is 2. The van der Waals surface area contributed by atoms with Crippen LogP contribution in [0.3, 0.4) is 0 Å². The van der Waals surface area contributed by atoms with Gasteiger partial charge in [0.25, 0.3) is 11.5 Å². The fourth-order valence-corrected chi connectivity index (χ4v) is 3.30. The minimum absolute atomic E-state index is 0.138. The Morgan fingerprint density at radius 3 is 2.71 bits per heavy atom. The first-order valence-corrected chi connectivity index (χ1v) is 7.75. The molecule has 0 aliphatic carbocycles. The average Bonchev–Trinajstić information content (AvgIpc) is 2.82. The summed E-state index contributed by atoms with van der Waals surface area (Å²) in [6.07, 6.45) is 0. The molecule has 0 saturated heterocycles. The second-order valence-corrected chi connectivity index (χ2v) is 6.25. The highest BCUT2D eigenvalue weighted by atomic mass is 32.1. The lowest BCUT2D eigenvalue weighted by molar-refractivity contribution is 0.0695. The van der Waals surface area contributed by atoms with E-state index in [0.29, 0.717) is 15.9 Å². The number of aromatic nitrogens is 1. The van der Waals surface area contributed by atoms with E-state index in [1.807, 2.05) is 25.1 Å². The second-order valence-electron chi connectivity index (χ2n) is 5.23. The zero-order chi connectivity index (χ0) is 17.4. The molecule has 3 aromatic rings. The zero-order valence-electron chi connectivity index (χ0n) is 12.5. The predicted molar refractivity (Wildman–Crippen MR) is 92.9 cm³/mol. The number of nitrogen functional groups attached to an aromatic ring is 1. The summed E-state index contributed by atoms with van der Waals surface area (Å²) in [6.45, 7) is 1.90. The van der Waals surface area contributed by atoms with Gasteiger partial charge in [-0.2, -0.15) is 0 Å². The molecule has 0 spiro atoms. The van der Waals surface area contributed by atoms with Crippen LogP contribution in [0.2, 0.25) is 0 Å². The molecule has 0 fully saturated rings. The van der Waals surface area contributed by atoms with Crippen molar-refractivity contribution in [2.45, 2.75) is 6.92 Å². The van der Waals surface area contributed by atoms with Crippen molar-refractivity contribution in [3.63, 3.8) is 0 Å². The van der Waals surface area contributed by atoms with Gasteiger partial charge < -0.3 is 21.1 Å². The Morgan fingerprint density at radius 1 is 1.29 bits per heavy atom. The molecule has 2 aromatic heterocycles. The Hall–Kier alpha value is -3.13. The second kappa shape index (κ2) is 5.82. The van der Waals surface area contributed by atoms with E-state index in [4.69, 9.17) is 10.8 Å². The highest BCUT2D eigenvalue weighted by Crippen LogP contribution is 2.32. The van der Waals surface area contributed by atoms with Gasteiger partial charge in [0, 0.05) is 11.1 Å². The largest absolute Gasteiger partial charge is 0.477 e. The Morgan fingerprint density at radius 2 is 2.04 bits per heavy atom. The number of aromatic carboxylic acids is 1. The van der Waals surface area contributed by atoms with Crippen molar-refractivity contribution in [1.29, 1.82) is 0 Å². The van der Waals surface area contributed by atoms with Crippen LogP contribution in [-0.4, -0.2) is 22.0 Å². The molecule has 24 heavy (non-hydrogen) atoms. The van der Waals surface area contributed by atoms with Gasteiger partial charge >= 0.3 is 5.97 Å². The zero-order valence-corrected chi connectivity index (χ0v) is 13.4. The molecule has 0 saturated carbocycles. The highest BCUT2D eigenvalue weighted by Gasteiger charge is 2.20. The topological polar surface area (TPSA) is 125 Å². The van der Waals surface area contributed by atoms with E-state index in [1.54, 1.807) is 6.07 Å². The monoisotopic (exact) mass is 343 g/mol. The molecule has 7 nitrogen and oxygen atoms in total. The van der Waals surface area contributed by atoms with E-state index in [9.17, 15) is 14.4 Å². The Bertz CT molecular complexity index is 1040. The van der Waals surface area contributed by atoms with Gasteiger partial charge in [-0.3, -0.25) is 9.59 Å². The van der Waals surface area contributed by atoms with Crippen molar-refractivity contribution in [3.05, 3.63) is 56.7 Å². The van der Waals surface area contributed by atoms with Gasteiger partial charge in [-0.1, -0.05) is 12.1 Å². The molecule has 0 aliphatic heterocycles. The number of aryl methyl sites for hydroxylation is 1. The number of carboxylic acid groups (broad SMARTS) is 1. The number of carboxylic acids is 1. The minimum Gasteiger partial charge on any atom is -0.477 e. The first kappa shape index (κ1) is 15.8. The van der Waals surface area contributed by atoms with Crippen LogP contribution < -0.4 is 16.6 Å². The molecule has 0 radical (unpaired) electrons. The summed E-state index contributed by atoms with van der Waals surface area (Å²) >= 11 is 1.00. The number of thiophene rings is 1. The quantitative estimate of drug-likeness (QED) is 0.581. The number of hydrogen-bond donors (Lipinski definition) is 4. The highest BCUT2D eigenvalue weighted by molar-refractivity contribution is 7.21. The molecular weight excluding hydrogens is 330 g/mol. The third kappa shape index (κ3) is 2.74. The maximum atomic E-state index is 12.4. The average molecular weight is 343 g/mol. The molecule has 0 aliphatic rings. The molecule has 0 atom stereocenters. The van der Waals surface area contributed by atoms with Crippen molar-refractivity contribution < 1.29 is 14.7 Å². The lowest BCUT2D eigenvalue weighted by atomic mass is 10.2. The van der Waals surface area contributed by atoms with E-state index in [-0.39, 0.29) is 10.6 Å². The van der Waals surface area contributed by atoms with Crippen molar-refractivity contribution in [2.24, 2.45) is 0 Å². The normalized spacial score (nSPS) is 10.7. The third-order valence-electron chi connectivity index (χ3n) is 3.46. The number of fused-ring (bicyclic) bond motifs is 1. The molecule has 0 bridgehead atoms. The number of hydrogen-bond acceptors (Lipinski definition) is 5. The van der Waals surface area contributed by atoms with E-state index in [0.717, 1.165) is 16.9 Å². The maximum Gasteiger partial charge on any atom is 0.341 e. The predicted octanol–water partition coefficient (Wildman–Crippen LogP) is 2.43. The smallest absolute Gasteiger partial charge is 0.341 e. The summed E-state index contributed by atoms with van der Waals surface area (Å²) < 4.78 is 0. The SMILES string of the molecule is Cc1cccc(NC(=O)c2sc3[nH]c(=O)c(C(=O)O)cc3c2N)c1. The number of pyridine rings is 1. The fraction of sp³-hybridized carbons (Fsp3) is 0.0625. The maximum absolute atomic E-state index is 12.4. The molecule has 5 N–H and O–H groups in total. The molecule has 2 heterocycles. The van der Waals surface area contributed by atoms with Crippen molar-refractivity contribution in [3.8, 4) is 0 Å². The summed E-state index contributed by atoms with van der Waals surface area (Å²) in [5.74, 6) is -1.77. The molecular formula is C16H13N3O4S. The molecule has 0 unspecified atom stereocenters. The number of nitrogens with one attached hydrogen (secondary N) is 2. The fourth-order valence-electron chi connectivity index (χ4n) is 2.31. The van der Waals surface area contributed by atoms with Crippen LogP contribution >= 0.6 is 11.3 Å². The minimum atomic E-state index is -1.35. The number of aromatic amines is 1. The third-order valence-corrected chi connectivity index (χ3v) is 4.59. The number of amides is 1. The van der Waals surface area contributed by atoms with Gasteiger partial charge in [-0.05, 0) is 30.7 Å². The Labute approximate surface area is 139 Å². The van der Waals surface area contributed by atoms with Gasteiger partial charge in [0.15, 0.2) is 0 Å². The van der Waals surface area contributed by atoms with Gasteiger partial charge in [0.05, 0.1) is 5.69 Å². The van der Waals surface area contributed by atoms with Crippen LogP contribution in [0, 0.1) is 6.92 Å². The number of H-pyrrole nitrogens is 1. The molecule has 3 rings (SSSR count). The Balaban J connectivity index is 2.03. The van der Waals surface area contributed by atoms with Gasteiger partial charge in [-0.25, -0.2) is 4.79 Å². The van der Waals surface area contributed by atoms with Gasteiger partial charge in [0.1, 0.15) is 15.3 Å². The van der Waals surface area contributed by atoms with Crippen molar-refractivity contribution in [1.82, 2.24) is 4.98 Å². The summed E-state index contributed by atoms with van der Waals surface area (Å²) in [5.41, 5.74) is 6.58. The molecule has 1 aromatic carbocycles. The van der Waals surface area contributed by atoms with E-state index in [2.05, 4.69) is 10.3 Å². The standard InChI is InChI=1S/C16H13N3O4S/c1-7-3-2-4-8(5-7)18-14(21)12-11(17)9-6-10(16(22)23)13(20)19-15(9)24-12/h2-6H,17H2,1H3,(H,18,21)(H,19,20)(H,22,23). The molecule has 122 valence electrons. The summed E-state index contributed by atoms with van der Waals surface area (Å²) in [7, 11) is 0.